The van der Waals surface area contributed by atoms with Crippen LogP contribution >= 0.6 is 11.8 Å². The highest BCUT2D eigenvalue weighted by molar-refractivity contribution is 8.04. The lowest BCUT2D eigenvalue weighted by molar-refractivity contribution is 0.167. The van der Waals surface area contributed by atoms with Crippen molar-refractivity contribution >= 4 is 11.8 Å². The predicted molar refractivity (Wildman–Crippen MR) is 96.8 cm³/mol. The Bertz CT molecular complexity index is 324. The van der Waals surface area contributed by atoms with Crippen LogP contribution in [0.4, 0.5) is 0 Å². The minimum absolute atomic E-state index is 0.180. The van der Waals surface area contributed by atoms with Crippen LogP contribution in [0.15, 0.2) is 22.8 Å². The van der Waals surface area contributed by atoms with Gasteiger partial charge in [-0.05, 0) is 25.2 Å². The second-order valence-electron chi connectivity index (χ2n) is 6.45. The van der Waals surface area contributed by atoms with Crippen molar-refractivity contribution in [2.45, 2.75) is 90.5 Å². The van der Waals surface area contributed by atoms with E-state index in [-0.39, 0.29) is 5.54 Å². The first-order chi connectivity index (χ1) is 10.1. The Labute approximate surface area is 136 Å². The van der Waals surface area contributed by atoms with Crippen LogP contribution in [-0.2, 0) is 0 Å². The normalized spacial score (nSPS) is 15.4. The van der Waals surface area contributed by atoms with E-state index in [1.54, 1.807) is 11.8 Å². The van der Waals surface area contributed by atoms with Gasteiger partial charge in [-0.1, -0.05) is 65.2 Å². The second-order valence-corrected chi connectivity index (χ2v) is 7.23. The molecule has 0 amide bonds. The zero-order valence-electron chi connectivity index (χ0n) is 14.2. The van der Waals surface area contributed by atoms with Crippen LogP contribution in [0.25, 0.3) is 0 Å². The molecule has 3 heteroatoms. The van der Waals surface area contributed by atoms with Crippen molar-refractivity contribution in [3.8, 4) is 0 Å². The lowest BCUT2D eigenvalue weighted by Gasteiger charge is -2.42. The van der Waals surface area contributed by atoms with Gasteiger partial charge in [0.05, 0.1) is 0 Å². The summed E-state index contributed by atoms with van der Waals surface area (Å²) in [5.41, 5.74) is 6.42. The van der Waals surface area contributed by atoms with Gasteiger partial charge in [0.1, 0.15) is 5.82 Å². The van der Waals surface area contributed by atoms with E-state index in [2.05, 4.69) is 42.7 Å². The summed E-state index contributed by atoms with van der Waals surface area (Å²) in [4.78, 5) is 2.32. The van der Waals surface area contributed by atoms with Crippen LogP contribution in [0.1, 0.15) is 85.0 Å². The van der Waals surface area contributed by atoms with Crippen LogP contribution in [0.5, 0.6) is 0 Å². The third-order valence-electron chi connectivity index (χ3n) is 4.47. The van der Waals surface area contributed by atoms with Gasteiger partial charge >= 0.3 is 0 Å². The highest BCUT2D eigenvalue weighted by Crippen LogP contribution is 2.34. The molecule has 0 saturated carbocycles. The van der Waals surface area contributed by atoms with Crippen molar-refractivity contribution in [2.24, 2.45) is 5.73 Å². The highest BCUT2D eigenvalue weighted by Gasteiger charge is 2.31. The summed E-state index contributed by atoms with van der Waals surface area (Å²) in [7, 11) is 0. The first-order valence-corrected chi connectivity index (χ1v) is 9.65. The van der Waals surface area contributed by atoms with Gasteiger partial charge in [-0.15, -0.1) is 11.8 Å². The standard InChI is InChI=1S/C18H34N2S/c1-4-6-8-10-12-18(3,13-11-9-7-5-2)20-14-15-21-16-17(20)19/h14-16H,4-13,19H2,1-3H3. The molecule has 1 rings (SSSR count). The van der Waals surface area contributed by atoms with Crippen molar-refractivity contribution in [3.63, 3.8) is 0 Å². The van der Waals surface area contributed by atoms with Crippen LogP contribution in [0.3, 0.4) is 0 Å². The minimum atomic E-state index is 0.180. The molecule has 0 aromatic carbocycles. The van der Waals surface area contributed by atoms with Gasteiger partial charge in [0, 0.05) is 17.1 Å². The van der Waals surface area contributed by atoms with Crippen LogP contribution < -0.4 is 5.73 Å². The first kappa shape index (κ1) is 18.5. The molecular formula is C18H34N2S. The Morgan fingerprint density at radius 3 is 2.05 bits per heavy atom. The number of hydrogen-bond acceptors (Lipinski definition) is 3. The first-order valence-electron chi connectivity index (χ1n) is 8.71. The summed E-state index contributed by atoms with van der Waals surface area (Å²) < 4.78 is 0. The van der Waals surface area contributed by atoms with E-state index in [0.29, 0.717) is 0 Å². The van der Waals surface area contributed by atoms with Gasteiger partial charge < -0.3 is 10.6 Å². The molecule has 1 aliphatic heterocycles. The van der Waals surface area contributed by atoms with Crippen LogP contribution in [0, 0.1) is 0 Å². The van der Waals surface area contributed by atoms with Gasteiger partial charge in [0.2, 0.25) is 0 Å². The molecule has 0 fully saturated rings. The number of hydrogen-bond donors (Lipinski definition) is 1. The molecule has 2 nitrogen and oxygen atoms in total. The summed E-state index contributed by atoms with van der Waals surface area (Å²) in [6.45, 7) is 6.94. The lowest BCUT2D eigenvalue weighted by Crippen LogP contribution is -2.45. The van der Waals surface area contributed by atoms with Crippen LogP contribution in [0.2, 0.25) is 0 Å². The molecule has 0 bridgehead atoms. The fourth-order valence-electron chi connectivity index (χ4n) is 3.07. The van der Waals surface area contributed by atoms with Gasteiger partial charge in [-0.25, -0.2) is 0 Å². The van der Waals surface area contributed by atoms with Gasteiger partial charge in [-0.3, -0.25) is 0 Å². The molecule has 0 atom stereocenters. The largest absolute Gasteiger partial charge is 0.385 e. The van der Waals surface area contributed by atoms with Crippen molar-refractivity contribution in [3.05, 3.63) is 22.8 Å². The molecule has 0 aromatic heterocycles. The van der Waals surface area contributed by atoms with E-state index in [4.69, 9.17) is 5.73 Å². The Balaban J connectivity index is 2.61. The van der Waals surface area contributed by atoms with E-state index < -0.39 is 0 Å². The number of unbranched alkanes of at least 4 members (excludes halogenated alkanes) is 6. The zero-order valence-corrected chi connectivity index (χ0v) is 15.1. The van der Waals surface area contributed by atoms with E-state index in [1.165, 1.54) is 64.2 Å². The van der Waals surface area contributed by atoms with E-state index >= 15 is 0 Å². The number of nitrogens with zero attached hydrogens (tertiary/aromatic N) is 1. The van der Waals surface area contributed by atoms with Crippen molar-refractivity contribution in [2.75, 3.05) is 0 Å². The molecule has 0 aliphatic carbocycles. The molecule has 21 heavy (non-hydrogen) atoms. The topological polar surface area (TPSA) is 29.3 Å². The predicted octanol–water partition coefficient (Wildman–Crippen LogP) is 5.96. The van der Waals surface area contributed by atoms with E-state index in [9.17, 15) is 0 Å². The summed E-state index contributed by atoms with van der Waals surface area (Å²) in [5.74, 6) is 0.913. The van der Waals surface area contributed by atoms with Crippen molar-refractivity contribution < 1.29 is 0 Å². The maximum absolute atomic E-state index is 6.24. The van der Waals surface area contributed by atoms with E-state index in [0.717, 1.165) is 5.82 Å². The summed E-state index contributed by atoms with van der Waals surface area (Å²) in [6, 6.07) is 0. The Hall–Kier alpha value is -0.570. The second kappa shape index (κ2) is 10.2. The average molecular weight is 311 g/mol. The fraction of sp³-hybridized carbons (Fsp3) is 0.778. The number of thioether (sulfide) groups is 1. The maximum atomic E-state index is 6.24. The van der Waals surface area contributed by atoms with Crippen molar-refractivity contribution in [1.82, 2.24) is 4.90 Å². The Morgan fingerprint density at radius 2 is 1.57 bits per heavy atom. The molecular weight excluding hydrogens is 276 g/mol. The van der Waals surface area contributed by atoms with Crippen LogP contribution in [-0.4, -0.2) is 10.4 Å². The van der Waals surface area contributed by atoms with Gasteiger partial charge in [0.25, 0.3) is 0 Å². The average Bonchev–Trinajstić information content (AvgIpc) is 2.49. The van der Waals surface area contributed by atoms with Crippen molar-refractivity contribution in [1.29, 1.82) is 0 Å². The molecule has 1 heterocycles. The molecule has 122 valence electrons. The molecule has 1 aliphatic rings. The fourth-order valence-corrected chi connectivity index (χ4v) is 3.59. The molecule has 0 aromatic rings. The number of nitrogens with two attached hydrogens (primary N) is 1. The monoisotopic (exact) mass is 310 g/mol. The minimum Gasteiger partial charge on any atom is -0.385 e. The number of rotatable bonds is 11. The lowest BCUT2D eigenvalue weighted by atomic mass is 9.86. The summed E-state index contributed by atoms with van der Waals surface area (Å²) in [6.07, 6.45) is 15.3. The van der Waals surface area contributed by atoms with Gasteiger partial charge in [-0.2, -0.15) is 0 Å². The summed E-state index contributed by atoms with van der Waals surface area (Å²) in [5, 5.41) is 4.21. The molecule has 0 unspecified atom stereocenters. The zero-order chi connectivity index (χ0) is 15.6. The SMILES string of the molecule is CCCCCCC(C)(CCCCCC)N1C=CSC=C1N. The third kappa shape index (κ3) is 6.37. The quantitative estimate of drug-likeness (QED) is 0.477. The van der Waals surface area contributed by atoms with E-state index in [1.807, 2.05) is 0 Å². The smallest absolute Gasteiger partial charge is 0.110 e. The Kier molecular flexibility index (Phi) is 8.98. The summed E-state index contributed by atoms with van der Waals surface area (Å²) >= 11 is 1.68. The highest BCUT2D eigenvalue weighted by atomic mass is 32.2. The third-order valence-corrected chi connectivity index (χ3v) is 5.13. The molecule has 2 N–H and O–H groups in total. The molecule has 0 radical (unpaired) electrons. The maximum Gasteiger partial charge on any atom is 0.110 e. The molecule has 0 saturated heterocycles. The molecule has 0 spiro atoms. The Morgan fingerprint density at radius 1 is 1.00 bits per heavy atom. The van der Waals surface area contributed by atoms with Gasteiger partial charge in [0.15, 0.2) is 0 Å².